The molecule has 0 atom stereocenters. The molecule has 0 aliphatic carbocycles. The maximum Gasteiger partial charge on any atom is 0.387 e. The predicted octanol–water partition coefficient (Wildman–Crippen LogP) is 3.41. The van der Waals surface area contributed by atoms with Crippen molar-refractivity contribution in [1.82, 2.24) is 0 Å². The average molecular weight is 249 g/mol. The summed E-state index contributed by atoms with van der Waals surface area (Å²) in [6.45, 7) is -2.97. The first-order chi connectivity index (χ1) is 7.63. The number of hydrogen-bond donors (Lipinski definition) is 0. The van der Waals surface area contributed by atoms with Crippen LogP contribution in [0.5, 0.6) is 5.75 Å². The number of halogens is 4. The van der Waals surface area contributed by atoms with Gasteiger partial charge < -0.3 is 4.74 Å². The molecule has 0 N–H and O–H groups in total. The van der Waals surface area contributed by atoms with E-state index in [0.717, 1.165) is 6.07 Å². The summed E-state index contributed by atoms with van der Waals surface area (Å²) in [5.74, 6) is 4.62. The molecule has 0 amide bonds. The molecule has 0 aliphatic rings. The van der Waals surface area contributed by atoms with Gasteiger partial charge in [0.1, 0.15) is 11.6 Å². The molecule has 5 heteroatoms. The van der Waals surface area contributed by atoms with Crippen LogP contribution in [0.15, 0.2) is 18.2 Å². The summed E-state index contributed by atoms with van der Waals surface area (Å²) in [6, 6.07) is 3.39. The highest BCUT2D eigenvalue weighted by Crippen LogP contribution is 2.17. The van der Waals surface area contributed by atoms with Gasteiger partial charge in [-0.15, -0.1) is 11.6 Å². The Morgan fingerprint density at radius 1 is 1.38 bits per heavy atom. The zero-order valence-corrected chi connectivity index (χ0v) is 8.90. The molecule has 0 fully saturated rings. The van der Waals surface area contributed by atoms with Crippen LogP contribution in [0.4, 0.5) is 13.2 Å². The van der Waals surface area contributed by atoms with Crippen molar-refractivity contribution in [2.45, 2.75) is 13.0 Å². The van der Waals surface area contributed by atoms with Crippen LogP contribution in [0.2, 0.25) is 0 Å². The van der Waals surface area contributed by atoms with E-state index >= 15 is 0 Å². The number of rotatable bonds is 3. The van der Waals surface area contributed by atoms with E-state index in [9.17, 15) is 13.2 Å². The Hall–Kier alpha value is -1.34. The SMILES string of the molecule is Fc1cc(OC(F)F)ccc1C#CCCCl. The molecule has 0 unspecified atom stereocenters. The molecule has 0 aromatic heterocycles. The van der Waals surface area contributed by atoms with Gasteiger partial charge in [0.2, 0.25) is 0 Å². The van der Waals surface area contributed by atoms with E-state index in [2.05, 4.69) is 16.6 Å². The normalized spacial score (nSPS) is 9.81. The van der Waals surface area contributed by atoms with Crippen LogP contribution in [0.25, 0.3) is 0 Å². The summed E-state index contributed by atoms with van der Waals surface area (Å²) in [7, 11) is 0. The van der Waals surface area contributed by atoms with Crippen LogP contribution in [-0.4, -0.2) is 12.5 Å². The molecular formula is C11H8ClF3O. The van der Waals surface area contributed by atoms with Gasteiger partial charge in [-0.3, -0.25) is 0 Å². The standard InChI is InChI=1S/C11H8ClF3O/c12-6-2-1-3-8-4-5-9(7-10(8)13)16-11(14)15/h4-5,7,11H,2,6H2. The van der Waals surface area contributed by atoms with Gasteiger partial charge in [-0.1, -0.05) is 11.8 Å². The Kier molecular flexibility index (Phi) is 5.00. The van der Waals surface area contributed by atoms with Crippen LogP contribution in [0.1, 0.15) is 12.0 Å². The minimum Gasteiger partial charge on any atom is -0.435 e. The van der Waals surface area contributed by atoms with Gasteiger partial charge in [0.05, 0.1) is 5.56 Å². The van der Waals surface area contributed by atoms with E-state index in [0.29, 0.717) is 12.3 Å². The van der Waals surface area contributed by atoms with Crippen molar-refractivity contribution < 1.29 is 17.9 Å². The fraction of sp³-hybridized carbons (Fsp3) is 0.273. The topological polar surface area (TPSA) is 9.23 Å². The number of ether oxygens (including phenoxy) is 1. The fourth-order valence-electron chi connectivity index (χ4n) is 0.978. The molecule has 0 spiro atoms. The van der Waals surface area contributed by atoms with E-state index in [1.165, 1.54) is 12.1 Å². The molecule has 86 valence electrons. The largest absolute Gasteiger partial charge is 0.435 e. The summed E-state index contributed by atoms with van der Waals surface area (Å²) >= 11 is 5.39. The van der Waals surface area contributed by atoms with E-state index < -0.39 is 12.4 Å². The summed E-state index contributed by atoms with van der Waals surface area (Å²) in [6.07, 6.45) is 0.441. The van der Waals surface area contributed by atoms with Crippen molar-refractivity contribution >= 4 is 11.6 Å². The second-order valence-corrected chi connectivity index (χ2v) is 3.14. The lowest BCUT2D eigenvalue weighted by atomic mass is 10.2. The van der Waals surface area contributed by atoms with Crippen LogP contribution >= 0.6 is 11.6 Å². The minimum absolute atomic E-state index is 0.131. The summed E-state index contributed by atoms with van der Waals surface area (Å²) < 4.78 is 40.9. The maximum absolute atomic E-state index is 13.3. The van der Waals surface area contributed by atoms with Crippen molar-refractivity contribution in [2.75, 3.05) is 5.88 Å². The van der Waals surface area contributed by atoms with Gasteiger partial charge in [0, 0.05) is 18.4 Å². The Morgan fingerprint density at radius 3 is 2.69 bits per heavy atom. The van der Waals surface area contributed by atoms with Crippen molar-refractivity contribution in [1.29, 1.82) is 0 Å². The van der Waals surface area contributed by atoms with Crippen LogP contribution < -0.4 is 4.74 Å². The molecule has 0 saturated heterocycles. The van der Waals surface area contributed by atoms with E-state index in [4.69, 9.17) is 11.6 Å². The molecule has 1 nitrogen and oxygen atoms in total. The second kappa shape index (κ2) is 6.29. The summed E-state index contributed by atoms with van der Waals surface area (Å²) in [5.41, 5.74) is 0.131. The maximum atomic E-state index is 13.3. The van der Waals surface area contributed by atoms with Gasteiger partial charge in [-0.05, 0) is 12.1 Å². The van der Waals surface area contributed by atoms with Crippen molar-refractivity contribution in [3.8, 4) is 17.6 Å². The fourth-order valence-corrected chi connectivity index (χ4v) is 1.07. The smallest absolute Gasteiger partial charge is 0.387 e. The lowest BCUT2D eigenvalue weighted by Gasteiger charge is -2.04. The third-order valence-electron chi connectivity index (χ3n) is 1.61. The lowest BCUT2D eigenvalue weighted by Crippen LogP contribution is -2.02. The zero-order valence-electron chi connectivity index (χ0n) is 8.14. The van der Waals surface area contributed by atoms with Gasteiger partial charge in [0.15, 0.2) is 0 Å². The monoisotopic (exact) mass is 248 g/mol. The number of benzene rings is 1. The summed E-state index contributed by atoms with van der Waals surface area (Å²) in [4.78, 5) is 0. The predicted molar refractivity (Wildman–Crippen MR) is 55.2 cm³/mol. The van der Waals surface area contributed by atoms with E-state index in [1.54, 1.807) is 0 Å². The van der Waals surface area contributed by atoms with Gasteiger partial charge in [0.25, 0.3) is 0 Å². The van der Waals surface area contributed by atoms with Crippen molar-refractivity contribution in [2.24, 2.45) is 0 Å². The first-order valence-corrected chi connectivity index (χ1v) is 4.96. The highest BCUT2D eigenvalue weighted by Gasteiger charge is 2.06. The molecule has 0 heterocycles. The molecule has 0 aliphatic heterocycles. The molecule has 1 aromatic rings. The Balaban J connectivity index is 2.80. The molecule has 0 saturated carbocycles. The summed E-state index contributed by atoms with van der Waals surface area (Å²) in [5, 5.41) is 0. The Morgan fingerprint density at radius 2 is 2.12 bits per heavy atom. The van der Waals surface area contributed by atoms with Gasteiger partial charge in [-0.2, -0.15) is 8.78 Å². The van der Waals surface area contributed by atoms with E-state index in [1.807, 2.05) is 0 Å². The third-order valence-corrected chi connectivity index (χ3v) is 1.80. The molecule has 1 aromatic carbocycles. The second-order valence-electron chi connectivity index (χ2n) is 2.76. The quantitative estimate of drug-likeness (QED) is 0.588. The molecule has 16 heavy (non-hydrogen) atoms. The molecule has 0 radical (unpaired) electrons. The van der Waals surface area contributed by atoms with Crippen LogP contribution in [-0.2, 0) is 0 Å². The zero-order chi connectivity index (χ0) is 12.0. The number of alkyl halides is 3. The van der Waals surface area contributed by atoms with E-state index in [-0.39, 0.29) is 11.3 Å². The first-order valence-electron chi connectivity index (χ1n) is 4.42. The minimum atomic E-state index is -2.97. The Labute approximate surface area is 96.2 Å². The molecule has 0 bridgehead atoms. The van der Waals surface area contributed by atoms with Gasteiger partial charge >= 0.3 is 6.61 Å². The Bertz CT molecular complexity index is 409. The highest BCUT2D eigenvalue weighted by molar-refractivity contribution is 6.18. The lowest BCUT2D eigenvalue weighted by molar-refractivity contribution is -0.0500. The third kappa shape index (κ3) is 4.03. The van der Waals surface area contributed by atoms with Crippen LogP contribution in [0.3, 0.4) is 0 Å². The van der Waals surface area contributed by atoms with Crippen molar-refractivity contribution in [3.05, 3.63) is 29.6 Å². The van der Waals surface area contributed by atoms with Crippen molar-refractivity contribution in [3.63, 3.8) is 0 Å². The first kappa shape index (κ1) is 12.7. The average Bonchev–Trinajstić information content (AvgIpc) is 2.20. The molecular weight excluding hydrogens is 241 g/mol. The van der Waals surface area contributed by atoms with Crippen LogP contribution in [0, 0.1) is 17.7 Å². The van der Waals surface area contributed by atoms with Gasteiger partial charge in [-0.25, -0.2) is 4.39 Å². The molecule has 1 rings (SSSR count). The highest BCUT2D eigenvalue weighted by atomic mass is 35.5. The number of hydrogen-bond acceptors (Lipinski definition) is 1.